The van der Waals surface area contributed by atoms with Crippen LogP contribution in [0.15, 0.2) is 30.6 Å². The van der Waals surface area contributed by atoms with E-state index in [1.807, 2.05) is 23.7 Å². The van der Waals surface area contributed by atoms with E-state index in [0.717, 1.165) is 23.6 Å². The molecule has 0 radical (unpaired) electrons. The second-order valence-corrected chi connectivity index (χ2v) is 5.76. The van der Waals surface area contributed by atoms with Crippen LogP contribution in [0.25, 0.3) is 11.4 Å². The first kappa shape index (κ1) is 12.6. The zero-order valence-electron chi connectivity index (χ0n) is 11.4. The third-order valence-corrected chi connectivity index (χ3v) is 2.66. The molecule has 4 nitrogen and oxygen atoms in total. The molecule has 2 aromatic rings. The Labute approximate surface area is 108 Å². The number of aryl methyl sites for hydroxylation is 1. The molecule has 0 atom stereocenters. The van der Waals surface area contributed by atoms with Gasteiger partial charge < -0.3 is 9.88 Å². The van der Waals surface area contributed by atoms with Gasteiger partial charge in [-0.25, -0.2) is 0 Å². The monoisotopic (exact) mass is 244 g/mol. The van der Waals surface area contributed by atoms with Crippen LogP contribution in [0.3, 0.4) is 0 Å². The molecule has 0 aliphatic carbocycles. The molecule has 2 rings (SSSR count). The molecule has 0 aliphatic rings. The van der Waals surface area contributed by atoms with Gasteiger partial charge in [0.25, 0.3) is 0 Å². The minimum absolute atomic E-state index is 0.265. The van der Waals surface area contributed by atoms with Crippen LogP contribution in [0.4, 0.5) is 5.69 Å². The third-order valence-electron chi connectivity index (χ3n) is 2.66. The Hall–Kier alpha value is -1.84. The van der Waals surface area contributed by atoms with Crippen LogP contribution < -0.4 is 5.32 Å². The summed E-state index contributed by atoms with van der Waals surface area (Å²) < 4.78 is 1.92. The van der Waals surface area contributed by atoms with Crippen molar-refractivity contribution >= 4 is 5.69 Å². The summed E-state index contributed by atoms with van der Waals surface area (Å²) in [6.45, 7) is 7.58. The molecule has 18 heavy (non-hydrogen) atoms. The highest BCUT2D eigenvalue weighted by molar-refractivity contribution is 5.62. The van der Waals surface area contributed by atoms with Gasteiger partial charge in [-0.2, -0.15) is 0 Å². The van der Waals surface area contributed by atoms with Crippen LogP contribution in [-0.4, -0.2) is 21.3 Å². The molecule has 1 aromatic heterocycles. The van der Waals surface area contributed by atoms with Crippen molar-refractivity contribution in [1.29, 1.82) is 0 Å². The van der Waals surface area contributed by atoms with Gasteiger partial charge >= 0.3 is 0 Å². The lowest BCUT2D eigenvalue weighted by Crippen LogP contribution is -2.18. The van der Waals surface area contributed by atoms with E-state index >= 15 is 0 Å². The summed E-state index contributed by atoms with van der Waals surface area (Å²) in [7, 11) is 1.95. The fourth-order valence-corrected chi connectivity index (χ4v) is 1.68. The van der Waals surface area contributed by atoms with Gasteiger partial charge in [0.2, 0.25) is 0 Å². The molecule has 0 amide bonds. The van der Waals surface area contributed by atoms with Gasteiger partial charge in [-0.05, 0) is 17.5 Å². The van der Waals surface area contributed by atoms with Gasteiger partial charge in [0.15, 0.2) is 5.82 Å². The highest BCUT2D eigenvalue weighted by Gasteiger charge is 2.10. The Balaban J connectivity index is 2.18. The molecule has 1 aromatic carbocycles. The normalized spacial score (nSPS) is 11.6. The van der Waals surface area contributed by atoms with Crippen LogP contribution in [0, 0.1) is 5.41 Å². The van der Waals surface area contributed by atoms with Gasteiger partial charge in [0, 0.05) is 24.8 Å². The molecule has 0 fully saturated rings. The summed E-state index contributed by atoms with van der Waals surface area (Å²) >= 11 is 0. The van der Waals surface area contributed by atoms with E-state index in [1.54, 1.807) is 6.33 Å². The zero-order chi connectivity index (χ0) is 13.2. The summed E-state index contributed by atoms with van der Waals surface area (Å²) in [6, 6.07) is 8.27. The maximum absolute atomic E-state index is 4.12. The Morgan fingerprint density at radius 3 is 2.67 bits per heavy atom. The average Bonchev–Trinajstić information content (AvgIpc) is 2.72. The number of nitrogens with zero attached hydrogens (tertiary/aromatic N) is 3. The zero-order valence-corrected chi connectivity index (χ0v) is 11.4. The maximum Gasteiger partial charge on any atom is 0.163 e. The van der Waals surface area contributed by atoms with Gasteiger partial charge in [0.05, 0.1) is 0 Å². The van der Waals surface area contributed by atoms with E-state index < -0.39 is 0 Å². The van der Waals surface area contributed by atoms with Crippen molar-refractivity contribution in [3.63, 3.8) is 0 Å². The highest BCUT2D eigenvalue weighted by Crippen LogP contribution is 2.21. The molecule has 96 valence electrons. The Kier molecular flexibility index (Phi) is 3.36. The predicted molar refractivity (Wildman–Crippen MR) is 74.4 cm³/mol. The maximum atomic E-state index is 4.12. The van der Waals surface area contributed by atoms with E-state index in [1.165, 1.54) is 0 Å². The van der Waals surface area contributed by atoms with E-state index in [2.05, 4.69) is 48.4 Å². The second-order valence-electron chi connectivity index (χ2n) is 5.76. The van der Waals surface area contributed by atoms with Crippen molar-refractivity contribution < 1.29 is 0 Å². The molecule has 0 bridgehead atoms. The largest absolute Gasteiger partial charge is 0.385 e. The van der Waals surface area contributed by atoms with Crippen molar-refractivity contribution in [2.75, 3.05) is 11.9 Å². The lowest BCUT2D eigenvalue weighted by atomic mass is 9.97. The van der Waals surface area contributed by atoms with Crippen LogP contribution in [0.1, 0.15) is 20.8 Å². The van der Waals surface area contributed by atoms with Crippen LogP contribution in [0.2, 0.25) is 0 Å². The van der Waals surface area contributed by atoms with Crippen molar-refractivity contribution in [1.82, 2.24) is 14.8 Å². The van der Waals surface area contributed by atoms with Crippen molar-refractivity contribution in [3.8, 4) is 11.4 Å². The first-order valence-corrected chi connectivity index (χ1v) is 6.14. The standard InChI is InChI=1S/C14H20N4/c1-14(2,3)9-15-12-7-5-6-11(8-12)13-17-16-10-18(13)4/h5-8,10,15H,9H2,1-4H3. The third kappa shape index (κ3) is 3.09. The summed E-state index contributed by atoms with van der Waals surface area (Å²) in [5, 5.41) is 11.5. The molecule has 0 unspecified atom stereocenters. The lowest BCUT2D eigenvalue weighted by Gasteiger charge is -2.19. The number of hydrogen-bond acceptors (Lipinski definition) is 3. The van der Waals surface area contributed by atoms with Crippen molar-refractivity contribution in [3.05, 3.63) is 30.6 Å². The number of anilines is 1. The molecule has 4 heteroatoms. The van der Waals surface area contributed by atoms with E-state index in [9.17, 15) is 0 Å². The minimum atomic E-state index is 0.265. The first-order chi connectivity index (χ1) is 8.46. The van der Waals surface area contributed by atoms with Crippen LogP contribution >= 0.6 is 0 Å². The molecule has 0 spiro atoms. The Bertz CT molecular complexity index is 523. The number of nitrogens with one attached hydrogen (secondary N) is 1. The Morgan fingerprint density at radius 1 is 1.28 bits per heavy atom. The van der Waals surface area contributed by atoms with Gasteiger partial charge in [0.1, 0.15) is 6.33 Å². The topological polar surface area (TPSA) is 42.7 Å². The summed E-state index contributed by atoms with van der Waals surface area (Å²) in [5.74, 6) is 0.884. The van der Waals surface area contributed by atoms with Crippen molar-refractivity contribution in [2.24, 2.45) is 12.5 Å². The quantitative estimate of drug-likeness (QED) is 0.902. The fraction of sp³-hybridized carbons (Fsp3) is 0.429. The van der Waals surface area contributed by atoms with Gasteiger partial charge in [-0.1, -0.05) is 32.9 Å². The Morgan fingerprint density at radius 2 is 2.06 bits per heavy atom. The molecule has 0 saturated heterocycles. The molecular weight excluding hydrogens is 224 g/mol. The lowest BCUT2D eigenvalue weighted by molar-refractivity contribution is 0.443. The highest BCUT2D eigenvalue weighted by atomic mass is 15.2. The molecular formula is C14H20N4. The summed E-state index contributed by atoms with van der Waals surface area (Å²) in [6.07, 6.45) is 1.71. The SMILES string of the molecule is Cn1cnnc1-c1cccc(NCC(C)(C)C)c1. The second kappa shape index (κ2) is 4.80. The van der Waals surface area contributed by atoms with E-state index in [0.29, 0.717) is 0 Å². The molecule has 0 aliphatic heterocycles. The van der Waals surface area contributed by atoms with Crippen molar-refractivity contribution in [2.45, 2.75) is 20.8 Å². The molecule has 0 saturated carbocycles. The summed E-state index contributed by atoms with van der Waals surface area (Å²) in [5.41, 5.74) is 2.46. The predicted octanol–water partition coefficient (Wildman–Crippen LogP) is 2.94. The van der Waals surface area contributed by atoms with E-state index in [-0.39, 0.29) is 5.41 Å². The summed E-state index contributed by atoms with van der Waals surface area (Å²) in [4.78, 5) is 0. The van der Waals surface area contributed by atoms with Gasteiger partial charge in [-0.15, -0.1) is 10.2 Å². The number of aromatic nitrogens is 3. The molecule has 1 heterocycles. The first-order valence-electron chi connectivity index (χ1n) is 6.14. The number of hydrogen-bond donors (Lipinski definition) is 1. The van der Waals surface area contributed by atoms with Gasteiger partial charge in [-0.3, -0.25) is 0 Å². The average molecular weight is 244 g/mol. The number of benzene rings is 1. The smallest absolute Gasteiger partial charge is 0.163 e. The number of rotatable bonds is 3. The minimum Gasteiger partial charge on any atom is -0.385 e. The van der Waals surface area contributed by atoms with Crippen LogP contribution in [-0.2, 0) is 7.05 Å². The molecule has 1 N–H and O–H groups in total. The van der Waals surface area contributed by atoms with Crippen LogP contribution in [0.5, 0.6) is 0 Å². The van der Waals surface area contributed by atoms with E-state index in [4.69, 9.17) is 0 Å². The fourth-order valence-electron chi connectivity index (χ4n) is 1.68.